The van der Waals surface area contributed by atoms with Gasteiger partial charge in [-0.25, -0.2) is 0 Å². The van der Waals surface area contributed by atoms with E-state index in [9.17, 15) is 18.3 Å². The molecule has 3 aromatic carbocycles. The van der Waals surface area contributed by atoms with E-state index >= 15 is 0 Å². The van der Waals surface area contributed by atoms with E-state index in [2.05, 4.69) is 18.7 Å². The number of fused-ring (bicyclic) bond motifs is 3. The van der Waals surface area contributed by atoms with Crippen molar-refractivity contribution in [3.63, 3.8) is 0 Å². The van der Waals surface area contributed by atoms with Gasteiger partial charge in [-0.2, -0.15) is 13.2 Å². The van der Waals surface area contributed by atoms with Crippen molar-refractivity contribution in [2.45, 2.75) is 58.2 Å². The Morgan fingerprint density at radius 3 is 2.06 bits per heavy atom. The molecule has 0 bridgehead atoms. The quantitative estimate of drug-likeness (QED) is 0.261. The van der Waals surface area contributed by atoms with E-state index in [-0.39, 0.29) is 12.4 Å². The van der Waals surface area contributed by atoms with E-state index in [1.165, 1.54) is 6.07 Å². The van der Waals surface area contributed by atoms with Crippen LogP contribution >= 0.6 is 35.6 Å². The van der Waals surface area contributed by atoms with Crippen LogP contribution in [0.4, 0.5) is 13.2 Å². The normalized spacial score (nSPS) is 13.0. The standard InChI is InChI=1S/C26H30Cl2F3NO.ClH/c1-3-5-10-32(11-6-4-2)12-9-25(33)23-16-22-21(14-18(27)15-24(22)28)20-13-17(26(29,30)31)7-8-19(20)23;/h7-8,13-16,25,33H,3-6,9-12H2,1-2H3;1H. The van der Waals surface area contributed by atoms with Crippen LogP contribution in [0.1, 0.15) is 63.2 Å². The summed E-state index contributed by atoms with van der Waals surface area (Å²) in [6.45, 7) is 6.97. The summed E-state index contributed by atoms with van der Waals surface area (Å²) in [6, 6.07) is 8.60. The minimum absolute atomic E-state index is 0. The smallest absolute Gasteiger partial charge is 0.388 e. The second-order valence-electron chi connectivity index (χ2n) is 8.56. The van der Waals surface area contributed by atoms with Crippen LogP contribution in [-0.2, 0) is 6.18 Å². The maximum Gasteiger partial charge on any atom is 0.416 e. The number of benzene rings is 3. The predicted molar refractivity (Wildman–Crippen MR) is 140 cm³/mol. The third kappa shape index (κ3) is 6.92. The Balaban J connectivity index is 0.00000408. The number of aliphatic hydroxyl groups is 1. The van der Waals surface area contributed by atoms with Gasteiger partial charge in [0.25, 0.3) is 0 Å². The van der Waals surface area contributed by atoms with Gasteiger partial charge in [0.15, 0.2) is 0 Å². The fraction of sp³-hybridized carbons (Fsp3) is 0.462. The number of halogens is 6. The molecule has 1 N–H and O–H groups in total. The Hall–Kier alpha value is -1.24. The van der Waals surface area contributed by atoms with Crippen molar-refractivity contribution in [2.24, 2.45) is 0 Å². The second-order valence-corrected chi connectivity index (χ2v) is 9.40. The lowest BCUT2D eigenvalue weighted by Crippen LogP contribution is -2.28. The zero-order valence-electron chi connectivity index (χ0n) is 19.4. The van der Waals surface area contributed by atoms with Gasteiger partial charge in [0.2, 0.25) is 0 Å². The van der Waals surface area contributed by atoms with Crippen molar-refractivity contribution >= 4 is 57.2 Å². The molecule has 3 rings (SSSR count). The maximum atomic E-state index is 13.4. The topological polar surface area (TPSA) is 23.5 Å². The van der Waals surface area contributed by atoms with Crippen LogP contribution in [0.15, 0.2) is 36.4 Å². The van der Waals surface area contributed by atoms with E-state index in [4.69, 9.17) is 23.2 Å². The van der Waals surface area contributed by atoms with Gasteiger partial charge in [0.1, 0.15) is 0 Å². The Bertz CT molecular complexity index is 1100. The van der Waals surface area contributed by atoms with Crippen LogP contribution < -0.4 is 0 Å². The number of unbranched alkanes of at least 4 members (excludes halogenated alkanes) is 2. The first-order valence-corrected chi connectivity index (χ1v) is 12.2. The highest BCUT2D eigenvalue weighted by atomic mass is 35.5. The lowest BCUT2D eigenvalue weighted by molar-refractivity contribution is -0.137. The molecular weight excluding hydrogens is 506 g/mol. The Morgan fingerprint density at radius 1 is 0.853 bits per heavy atom. The molecule has 0 aliphatic carbocycles. The van der Waals surface area contributed by atoms with E-state index < -0.39 is 17.8 Å². The highest BCUT2D eigenvalue weighted by Crippen LogP contribution is 2.40. The van der Waals surface area contributed by atoms with Crippen LogP contribution in [0.25, 0.3) is 21.5 Å². The third-order valence-corrected chi connectivity index (χ3v) is 6.61. The molecule has 8 heteroatoms. The predicted octanol–water partition coefficient (Wildman–Crippen LogP) is 9.07. The molecular formula is C26H31Cl3F3NO. The molecule has 1 atom stereocenters. The zero-order chi connectivity index (χ0) is 24.2. The van der Waals surface area contributed by atoms with Crippen molar-refractivity contribution in [2.75, 3.05) is 19.6 Å². The Morgan fingerprint density at radius 2 is 1.47 bits per heavy atom. The summed E-state index contributed by atoms with van der Waals surface area (Å²) < 4.78 is 40.3. The number of hydrogen-bond donors (Lipinski definition) is 1. The Kier molecular flexibility index (Phi) is 10.8. The third-order valence-electron chi connectivity index (χ3n) is 6.08. The summed E-state index contributed by atoms with van der Waals surface area (Å²) >= 11 is 12.6. The molecule has 0 radical (unpaired) electrons. The number of hydrogen-bond acceptors (Lipinski definition) is 2. The summed E-state index contributed by atoms with van der Waals surface area (Å²) in [6.07, 6.45) is -0.431. The molecule has 0 amide bonds. The summed E-state index contributed by atoms with van der Waals surface area (Å²) in [7, 11) is 0. The fourth-order valence-electron chi connectivity index (χ4n) is 4.22. The monoisotopic (exact) mass is 535 g/mol. The molecule has 3 aromatic rings. The summed E-state index contributed by atoms with van der Waals surface area (Å²) in [5, 5.41) is 13.9. The van der Waals surface area contributed by atoms with Gasteiger partial charge in [0, 0.05) is 22.0 Å². The molecule has 0 spiro atoms. The second kappa shape index (κ2) is 12.6. The molecule has 0 fully saturated rings. The van der Waals surface area contributed by atoms with Gasteiger partial charge in [-0.15, -0.1) is 12.4 Å². The van der Waals surface area contributed by atoms with E-state index in [0.29, 0.717) is 43.6 Å². The number of alkyl halides is 3. The van der Waals surface area contributed by atoms with Gasteiger partial charge in [-0.05, 0) is 84.4 Å². The molecule has 2 nitrogen and oxygen atoms in total. The molecule has 0 aromatic heterocycles. The summed E-state index contributed by atoms with van der Waals surface area (Å²) in [5.74, 6) is 0. The summed E-state index contributed by atoms with van der Waals surface area (Å²) in [4.78, 5) is 2.36. The van der Waals surface area contributed by atoms with Gasteiger partial charge >= 0.3 is 6.18 Å². The fourth-order valence-corrected chi connectivity index (χ4v) is 4.77. The minimum atomic E-state index is -4.48. The average Bonchev–Trinajstić information content (AvgIpc) is 2.77. The van der Waals surface area contributed by atoms with Crippen LogP contribution in [0.2, 0.25) is 10.0 Å². The first-order chi connectivity index (χ1) is 15.7. The van der Waals surface area contributed by atoms with Crippen molar-refractivity contribution in [3.8, 4) is 0 Å². The first kappa shape index (κ1) is 29.0. The van der Waals surface area contributed by atoms with E-state index in [0.717, 1.165) is 57.5 Å². The molecule has 1 unspecified atom stereocenters. The molecule has 0 aliphatic rings. The molecule has 188 valence electrons. The Labute approximate surface area is 215 Å². The average molecular weight is 537 g/mol. The highest BCUT2D eigenvalue weighted by Gasteiger charge is 2.31. The highest BCUT2D eigenvalue weighted by molar-refractivity contribution is 6.39. The SMILES string of the molecule is CCCCN(CCCC)CCC(O)c1cc2c(Cl)cc(Cl)cc2c2cc(C(F)(F)F)ccc12.Cl. The largest absolute Gasteiger partial charge is 0.416 e. The number of rotatable bonds is 10. The van der Waals surface area contributed by atoms with Gasteiger partial charge in [-0.1, -0.05) is 56.0 Å². The minimum Gasteiger partial charge on any atom is -0.388 e. The number of aliphatic hydroxyl groups excluding tert-OH is 1. The molecule has 34 heavy (non-hydrogen) atoms. The maximum absolute atomic E-state index is 13.4. The first-order valence-electron chi connectivity index (χ1n) is 11.5. The lowest BCUT2D eigenvalue weighted by atomic mass is 9.92. The van der Waals surface area contributed by atoms with Crippen molar-refractivity contribution < 1.29 is 18.3 Å². The molecule has 0 saturated heterocycles. The molecule has 0 aliphatic heterocycles. The van der Waals surface area contributed by atoms with Gasteiger partial charge < -0.3 is 10.0 Å². The van der Waals surface area contributed by atoms with Crippen molar-refractivity contribution in [3.05, 3.63) is 57.6 Å². The van der Waals surface area contributed by atoms with Gasteiger partial charge in [-0.3, -0.25) is 0 Å². The van der Waals surface area contributed by atoms with Gasteiger partial charge in [0.05, 0.1) is 11.7 Å². The molecule has 0 saturated carbocycles. The van der Waals surface area contributed by atoms with Crippen LogP contribution in [0, 0.1) is 0 Å². The van der Waals surface area contributed by atoms with Crippen molar-refractivity contribution in [1.29, 1.82) is 0 Å². The van der Waals surface area contributed by atoms with Crippen LogP contribution in [0.5, 0.6) is 0 Å². The van der Waals surface area contributed by atoms with Crippen molar-refractivity contribution in [1.82, 2.24) is 4.90 Å². The summed E-state index contributed by atoms with van der Waals surface area (Å²) in [5.41, 5.74) is -0.161. The molecule has 0 heterocycles. The zero-order valence-corrected chi connectivity index (χ0v) is 21.7. The lowest BCUT2D eigenvalue weighted by Gasteiger charge is -2.24. The van der Waals surface area contributed by atoms with Crippen LogP contribution in [-0.4, -0.2) is 29.6 Å². The number of nitrogens with zero attached hydrogens (tertiary/aromatic N) is 1. The van der Waals surface area contributed by atoms with E-state index in [1.54, 1.807) is 18.2 Å². The van der Waals surface area contributed by atoms with E-state index in [1.807, 2.05) is 0 Å². The van der Waals surface area contributed by atoms with Crippen LogP contribution in [0.3, 0.4) is 0 Å².